The summed E-state index contributed by atoms with van der Waals surface area (Å²) in [6.07, 6.45) is 0. The van der Waals surface area contributed by atoms with Crippen molar-refractivity contribution in [2.75, 3.05) is 11.9 Å². The molecule has 6 heteroatoms. The van der Waals surface area contributed by atoms with Gasteiger partial charge in [0.05, 0.1) is 17.6 Å². The van der Waals surface area contributed by atoms with Gasteiger partial charge in [0.15, 0.2) is 5.76 Å². The third-order valence-electron chi connectivity index (χ3n) is 4.05. The number of hydrogen-bond acceptors (Lipinski definition) is 4. The Labute approximate surface area is 143 Å². The molecule has 0 aliphatic rings. The van der Waals surface area contributed by atoms with E-state index < -0.39 is 0 Å². The van der Waals surface area contributed by atoms with Crippen LogP contribution in [-0.4, -0.2) is 22.5 Å². The highest BCUT2D eigenvalue weighted by molar-refractivity contribution is 6.06. The second-order valence-corrected chi connectivity index (χ2v) is 5.70. The molecule has 0 bridgehead atoms. The van der Waals surface area contributed by atoms with Gasteiger partial charge in [-0.05, 0) is 44.2 Å². The van der Waals surface area contributed by atoms with Crippen molar-refractivity contribution in [3.63, 3.8) is 0 Å². The van der Waals surface area contributed by atoms with Crippen LogP contribution in [-0.2, 0) is 0 Å². The molecule has 0 unspecified atom stereocenters. The van der Waals surface area contributed by atoms with Gasteiger partial charge < -0.3 is 14.1 Å². The van der Waals surface area contributed by atoms with Crippen molar-refractivity contribution in [1.82, 2.24) is 9.97 Å². The van der Waals surface area contributed by atoms with Gasteiger partial charge in [0.25, 0.3) is 5.91 Å². The molecular formula is C19H17N3O3. The van der Waals surface area contributed by atoms with Gasteiger partial charge in [0.2, 0.25) is 5.95 Å². The molecule has 0 aliphatic carbocycles. The number of aryl methyl sites for hydroxylation is 1. The molecule has 2 aromatic heterocycles. The summed E-state index contributed by atoms with van der Waals surface area (Å²) in [6.45, 7) is 4.37. The Hall–Kier alpha value is -3.28. The molecule has 0 fully saturated rings. The number of anilines is 1. The van der Waals surface area contributed by atoms with Crippen LogP contribution in [0.1, 0.15) is 23.0 Å². The van der Waals surface area contributed by atoms with Crippen molar-refractivity contribution in [2.24, 2.45) is 0 Å². The second kappa shape index (κ2) is 5.98. The average molecular weight is 335 g/mol. The lowest BCUT2D eigenvalue weighted by Crippen LogP contribution is -2.13. The maximum atomic E-state index is 12.6. The van der Waals surface area contributed by atoms with E-state index in [1.807, 2.05) is 56.3 Å². The first-order valence-corrected chi connectivity index (χ1v) is 8.07. The van der Waals surface area contributed by atoms with Gasteiger partial charge >= 0.3 is 0 Å². The lowest BCUT2D eigenvalue weighted by Gasteiger charge is -2.01. The number of H-pyrrole nitrogens is 1. The zero-order valence-electron chi connectivity index (χ0n) is 13.9. The number of furan rings is 1. The molecule has 25 heavy (non-hydrogen) atoms. The minimum atomic E-state index is -0.342. The topological polar surface area (TPSA) is 80.2 Å². The molecule has 4 rings (SSSR count). The van der Waals surface area contributed by atoms with Crippen molar-refractivity contribution >= 4 is 33.9 Å². The first-order valence-electron chi connectivity index (χ1n) is 8.07. The Morgan fingerprint density at radius 2 is 2.12 bits per heavy atom. The number of fused-ring (bicyclic) bond motifs is 2. The van der Waals surface area contributed by atoms with Crippen LogP contribution in [0.3, 0.4) is 0 Å². The van der Waals surface area contributed by atoms with Gasteiger partial charge in [-0.15, -0.1) is 0 Å². The lowest BCUT2D eigenvalue weighted by atomic mass is 10.1. The van der Waals surface area contributed by atoms with Gasteiger partial charge in [0, 0.05) is 10.9 Å². The summed E-state index contributed by atoms with van der Waals surface area (Å²) >= 11 is 0. The van der Waals surface area contributed by atoms with Crippen molar-refractivity contribution in [3.8, 4) is 5.75 Å². The SMILES string of the molecule is CCOc1ccc2oc(C(=O)Nc3nc4ccccc4[nH]3)c(C)c2c1. The summed E-state index contributed by atoms with van der Waals surface area (Å²) < 4.78 is 11.2. The van der Waals surface area contributed by atoms with Crippen LogP contribution in [0, 0.1) is 6.92 Å². The van der Waals surface area contributed by atoms with Crippen molar-refractivity contribution < 1.29 is 13.9 Å². The number of nitrogens with zero attached hydrogens (tertiary/aromatic N) is 1. The van der Waals surface area contributed by atoms with E-state index in [0.717, 1.165) is 27.7 Å². The quantitative estimate of drug-likeness (QED) is 0.584. The van der Waals surface area contributed by atoms with Crippen LogP contribution in [0.25, 0.3) is 22.0 Å². The van der Waals surface area contributed by atoms with E-state index in [2.05, 4.69) is 15.3 Å². The van der Waals surface area contributed by atoms with Crippen LogP contribution in [0.4, 0.5) is 5.95 Å². The average Bonchev–Trinajstić information content (AvgIpc) is 3.16. The normalized spacial score (nSPS) is 11.1. The second-order valence-electron chi connectivity index (χ2n) is 5.70. The third-order valence-corrected chi connectivity index (χ3v) is 4.05. The summed E-state index contributed by atoms with van der Waals surface area (Å²) in [6, 6.07) is 13.1. The Morgan fingerprint density at radius 1 is 1.28 bits per heavy atom. The highest BCUT2D eigenvalue weighted by Gasteiger charge is 2.19. The minimum Gasteiger partial charge on any atom is -0.494 e. The smallest absolute Gasteiger partial charge is 0.293 e. The number of hydrogen-bond donors (Lipinski definition) is 2. The van der Waals surface area contributed by atoms with Gasteiger partial charge in [-0.3, -0.25) is 10.1 Å². The zero-order valence-corrected chi connectivity index (χ0v) is 13.9. The lowest BCUT2D eigenvalue weighted by molar-refractivity contribution is 0.0997. The fourth-order valence-electron chi connectivity index (χ4n) is 2.85. The predicted octanol–water partition coefficient (Wildman–Crippen LogP) is 4.27. The van der Waals surface area contributed by atoms with Crippen molar-refractivity contribution in [2.45, 2.75) is 13.8 Å². The molecule has 1 amide bonds. The molecule has 0 spiro atoms. The van der Waals surface area contributed by atoms with Crippen LogP contribution < -0.4 is 10.1 Å². The van der Waals surface area contributed by atoms with Crippen LogP contribution >= 0.6 is 0 Å². The van der Waals surface area contributed by atoms with E-state index in [0.29, 0.717) is 18.1 Å². The number of carbonyl (C=O) groups is 1. The van der Waals surface area contributed by atoms with Gasteiger partial charge in [0.1, 0.15) is 11.3 Å². The number of para-hydroxylation sites is 2. The Morgan fingerprint density at radius 3 is 2.92 bits per heavy atom. The van der Waals surface area contributed by atoms with Crippen molar-refractivity contribution in [1.29, 1.82) is 0 Å². The summed E-state index contributed by atoms with van der Waals surface area (Å²) in [5.41, 5.74) is 3.07. The standard InChI is InChI=1S/C19H17N3O3/c1-3-24-12-8-9-16-13(10-12)11(2)17(25-16)18(23)22-19-20-14-6-4-5-7-15(14)21-19/h4-10H,3H2,1-2H3,(H2,20,21,22,23). The fourth-order valence-corrected chi connectivity index (χ4v) is 2.85. The summed E-state index contributed by atoms with van der Waals surface area (Å²) in [5.74, 6) is 1.07. The van der Waals surface area contributed by atoms with Gasteiger partial charge in [-0.2, -0.15) is 0 Å². The molecule has 2 aromatic carbocycles. The number of aromatic nitrogens is 2. The number of ether oxygens (including phenoxy) is 1. The number of aromatic amines is 1. The van der Waals surface area contributed by atoms with E-state index in [4.69, 9.17) is 9.15 Å². The monoisotopic (exact) mass is 335 g/mol. The largest absolute Gasteiger partial charge is 0.494 e. The van der Waals surface area contributed by atoms with Crippen LogP contribution in [0.2, 0.25) is 0 Å². The molecule has 0 radical (unpaired) electrons. The number of benzene rings is 2. The summed E-state index contributed by atoms with van der Waals surface area (Å²) in [4.78, 5) is 20.0. The maximum Gasteiger partial charge on any atom is 0.293 e. The molecule has 0 aliphatic heterocycles. The number of imidazole rings is 1. The number of nitrogens with one attached hydrogen (secondary N) is 2. The van der Waals surface area contributed by atoms with Crippen molar-refractivity contribution in [3.05, 3.63) is 53.8 Å². The molecule has 126 valence electrons. The number of rotatable bonds is 4. The third kappa shape index (κ3) is 2.71. The Bertz CT molecular complexity index is 1050. The van der Waals surface area contributed by atoms with Gasteiger partial charge in [-0.1, -0.05) is 12.1 Å². The first kappa shape index (κ1) is 15.3. The Kier molecular flexibility index (Phi) is 3.65. The molecule has 0 atom stereocenters. The van der Waals surface area contributed by atoms with E-state index >= 15 is 0 Å². The first-order chi connectivity index (χ1) is 12.2. The number of amides is 1. The Balaban J connectivity index is 1.66. The van der Waals surface area contributed by atoms with Gasteiger partial charge in [-0.25, -0.2) is 4.98 Å². The molecule has 0 saturated carbocycles. The molecule has 2 N–H and O–H groups in total. The highest BCUT2D eigenvalue weighted by atomic mass is 16.5. The number of carbonyl (C=O) groups excluding carboxylic acids is 1. The van der Waals surface area contributed by atoms with E-state index in [1.54, 1.807) is 0 Å². The zero-order chi connectivity index (χ0) is 17.4. The van der Waals surface area contributed by atoms with Crippen LogP contribution in [0.5, 0.6) is 5.75 Å². The van der Waals surface area contributed by atoms with Crippen LogP contribution in [0.15, 0.2) is 46.9 Å². The minimum absolute atomic E-state index is 0.268. The van der Waals surface area contributed by atoms with E-state index in [9.17, 15) is 4.79 Å². The predicted molar refractivity (Wildman–Crippen MR) is 96.2 cm³/mol. The van der Waals surface area contributed by atoms with E-state index in [1.165, 1.54) is 0 Å². The molecule has 2 heterocycles. The fraction of sp³-hybridized carbons (Fsp3) is 0.158. The molecule has 6 nitrogen and oxygen atoms in total. The summed E-state index contributed by atoms with van der Waals surface area (Å²) in [7, 11) is 0. The molecular weight excluding hydrogens is 318 g/mol. The van der Waals surface area contributed by atoms with E-state index in [-0.39, 0.29) is 11.7 Å². The molecule has 0 saturated heterocycles. The highest BCUT2D eigenvalue weighted by Crippen LogP contribution is 2.29. The summed E-state index contributed by atoms with van der Waals surface area (Å²) in [5, 5.41) is 3.62. The maximum absolute atomic E-state index is 12.6. The molecule has 4 aromatic rings.